The molecule has 0 amide bonds. The van der Waals surface area contributed by atoms with Crippen molar-refractivity contribution in [3.63, 3.8) is 0 Å². The second-order valence-electron chi connectivity index (χ2n) is 5.98. The lowest BCUT2D eigenvalue weighted by Crippen LogP contribution is -2.24. The molecule has 1 N–H and O–H groups in total. The van der Waals surface area contributed by atoms with Crippen molar-refractivity contribution in [1.29, 1.82) is 0 Å². The Morgan fingerprint density at radius 3 is 2.15 bits per heavy atom. The van der Waals surface area contributed by atoms with E-state index >= 15 is 0 Å². The van der Waals surface area contributed by atoms with Crippen LogP contribution < -0.4 is 10.2 Å². The molecule has 116 valence electrons. The summed E-state index contributed by atoms with van der Waals surface area (Å²) in [6, 6.07) is 0.517. The molecule has 3 nitrogen and oxygen atoms in total. The zero-order chi connectivity index (χ0) is 15.1. The van der Waals surface area contributed by atoms with Gasteiger partial charge in [-0.2, -0.15) is 0 Å². The van der Waals surface area contributed by atoms with Gasteiger partial charge in [-0.1, -0.05) is 41.5 Å². The highest BCUT2D eigenvalue weighted by Crippen LogP contribution is 2.31. The summed E-state index contributed by atoms with van der Waals surface area (Å²) in [4.78, 5) is 8.77. The molecule has 0 aliphatic heterocycles. The van der Waals surface area contributed by atoms with Gasteiger partial charge in [0.05, 0.1) is 5.69 Å². The second-order valence-corrected chi connectivity index (χ2v) is 7.04. The Hall–Kier alpha value is -0.610. The van der Waals surface area contributed by atoms with Crippen LogP contribution in [0.25, 0.3) is 0 Å². The van der Waals surface area contributed by atoms with E-state index in [9.17, 15) is 0 Å². The van der Waals surface area contributed by atoms with Crippen molar-refractivity contribution in [1.82, 2.24) is 10.3 Å². The SMILES string of the molecule is CCCN(CCC)c1nc(C(C)C)c(CNC(C)C)s1. The van der Waals surface area contributed by atoms with E-state index in [1.165, 1.54) is 28.5 Å². The van der Waals surface area contributed by atoms with Crippen LogP contribution in [0.3, 0.4) is 0 Å². The summed E-state index contributed by atoms with van der Waals surface area (Å²) >= 11 is 1.87. The smallest absolute Gasteiger partial charge is 0.185 e. The molecule has 0 bridgehead atoms. The van der Waals surface area contributed by atoms with Gasteiger partial charge in [-0.3, -0.25) is 0 Å². The number of nitrogens with one attached hydrogen (secondary N) is 1. The molecule has 0 saturated heterocycles. The monoisotopic (exact) mass is 297 g/mol. The summed E-state index contributed by atoms with van der Waals surface area (Å²) in [6.45, 7) is 16.5. The van der Waals surface area contributed by atoms with Crippen LogP contribution in [0.4, 0.5) is 5.13 Å². The van der Waals surface area contributed by atoms with Crippen LogP contribution in [0.15, 0.2) is 0 Å². The van der Waals surface area contributed by atoms with E-state index in [1.807, 2.05) is 11.3 Å². The number of nitrogens with zero attached hydrogens (tertiary/aromatic N) is 2. The highest BCUT2D eigenvalue weighted by atomic mass is 32.1. The normalized spacial score (nSPS) is 11.6. The number of hydrogen-bond donors (Lipinski definition) is 1. The molecule has 0 saturated carbocycles. The molecule has 1 rings (SSSR count). The zero-order valence-electron chi connectivity index (χ0n) is 14.0. The maximum absolute atomic E-state index is 4.93. The second kappa shape index (κ2) is 8.63. The van der Waals surface area contributed by atoms with Gasteiger partial charge in [0.25, 0.3) is 0 Å². The van der Waals surface area contributed by atoms with E-state index in [2.05, 4.69) is 51.8 Å². The fourth-order valence-electron chi connectivity index (χ4n) is 2.20. The van der Waals surface area contributed by atoms with Gasteiger partial charge in [0.1, 0.15) is 0 Å². The lowest BCUT2D eigenvalue weighted by Gasteiger charge is -2.20. The Labute approximate surface area is 128 Å². The molecule has 0 aliphatic rings. The Kier molecular flexibility index (Phi) is 7.52. The third-order valence-electron chi connectivity index (χ3n) is 3.19. The minimum absolute atomic E-state index is 0.495. The van der Waals surface area contributed by atoms with Gasteiger partial charge in [-0.05, 0) is 18.8 Å². The number of aromatic nitrogens is 1. The van der Waals surface area contributed by atoms with Gasteiger partial charge in [0.15, 0.2) is 5.13 Å². The van der Waals surface area contributed by atoms with E-state index in [1.54, 1.807) is 0 Å². The first-order valence-corrected chi connectivity index (χ1v) is 8.79. The predicted octanol–water partition coefficient (Wildman–Crippen LogP) is 4.39. The van der Waals surface area contributed by atoms with Gasteiger partial charge in [-0.15, -0.1) is 11.3 Å². The molecule has 20 heavy (non-hydrogen) atoms. The third-order valence-corrected chi connectivity index (χ3v) is 4.32. The van der Waals surface area contributed by atoms with E-state index < -0.39 is 0 Å². The molecular weight excluding hydrogens is 266 g/mol. The molecule has 0 radical (unpaired) electrons. The molecule has 0 atom stereocenters. The first kappa shape index (κ1) is 17.4. The van der Waals surface area contributed by atoms with Crippen LogP contribution in [0.1, 0.15) is 70.9 Å². The molecule has 1 aromatic heterocycles. The van der Waals surface area contributed by atoms with E-state index in [0.29, 0.717) is 12.0 Å². The minimum atomic E-state index is 0.495. The number of hydrogen-bond acceptors (Lipinski definition) is 4. The van der Waals surface area contributed by atoms with Crippen molar-refractivity contribution in [3.8, 4) is 0 Å². The van der Waals surface area contributed by atoms with Crippen LogP contribution in [0, 0.1) is 0 Å². The number of rotatable bonds is 9. The van der Waals surface area contributed by atoms with E-state index in [-0.39, 0.29) is 0 Å². The summed E-state index contributed by atoms with van der Waals surface area (Å²) in [6.07, 6.45) is 2.35. The van der Waals surface area contributed by atoms with Crippen molar-refractivity contribution >= 4 is 16.5 Å². The van der Waals surface area contributed by atoms with Gasteiger partial charge in [0.2, 0.25) is 0 Å². The van der Waals surface area contributed by atoms with Crippen LogP contribution in [0.5, 0.6) is 0 Å². The largest absolute Gasteiger partial charge is 0.348 e. The fourth-order valence-corrected chi connectivity index (χ4v) is 3.42. The molecule has 1 heterocycles. The van der Waals surface area contributed by atoms with Gasteiger partial charge in [0, 0.05) is 30.6 Å². The molecule has 0 unspecified atom stereocenters. The summed E-state index contributed by atoms with van der Waals surface area (Å²) in [5, 5.41) is 4.73. The highest BCUT2D eigenvalue weighted by molar-refractivity contribution is 7.15. The third kappa shape index (κ3) is 5.06. The van der Waals surface area contributed by atoms with Crippen LogP contribution in [0.2, 0.25) is 0 Å². The van der Waals surface area contributed by atoms with Crippen molar-refractivity contribution in [2.75, 3.05) is 18.0 Å². The molecule has 4 heteroatoms. The maximum Gasteiger partial charge on any atom is 0.185 e. The van der Waals surface area contributed by atoms with Crippen LogP contribution >= 0.6 is 11.3 Å². The van der Waals surface area contributed by atoms with Gasteiger partial charge >= 0.3 is 0 Å². The van der Waals surface area contributed by atoms with Crippen molar-refractivity contribution in [2.24, 2.45) is 0 Å². The quantitative estimate of drug-likeness (QED) is 0.732. The molecule has 0 aliphatic carbocycles. The van der Waals surface area contributed by atoms with Crippen LogP contribution in [-0.4, -0.2) is 24.1 Å². The summed E-state index contributed by atoms with van der Waals surface area (Å²) < 4.78 is 0. The lowest BCUT2D eigenvalue weighted by molar-refractivity contribution is 0.588. The lowest BCUT2D eigenvalue weighted by atomic mass is 10.1. The molecule has 0 spiro atoms. The summed E-state index contributed by atoms with van der Waals surface area (Å²) in [5.74, 6) is 0.495. The minimum Gasteiger partial charge on any atom is -0.348 e. The number of thiazole rings is 1. The Morgan fingerprint density at radius 2 is 1.70 bits per heavy atom. The van der Waals surface area contributed by atoms with Gasteiger partial charge < -0.3 is 10.2 Å². The Balaban J connectivity index is 2.93. The Morgan fingerprint density at radius 1 is 1.10 bits per heavy atom. The predicted molar refractivity (Wildman–Crippen MR) is 91.0 cm³/mol. The fraction of sp³-hybridized carbons (Fsp3) is 0.812. The van der Waals surface area contributed by atoms with E-state index in [4.69, 9.17) is 4.98 Å². The standard InChI is InChI=1S/C16H31N3S/c1-7-9-19(10-8-2)16-18-15(12(3)4)14(20-16)11-17-13(5)6/h12-13,17H,7-11H2,1-6H3. The molecule has 0 fully saturated rings. The summed E-state index contributed by atoms with van der Waals surface area (Å²) in [7, 11) is 0. The van der Waals surface area contributed by atoms with Crippen molar-refractivity contribution in [3.05, 3.63) is 10.6 Å². The zero-order valence-corrected chi connectivity index (χ0v) is 14.8. The average Bonchev–Trinajstić information content (AvgIpc) is 2.80. The van der Waals surface area contributed by atoms with Crippen molar-refractivity contribution < 1.29 is 0 Å². The van der Waals surface area contributed by atoms with E-state index in [0.717, 1.165) is 19.6 Å². The molecule has 1 aromatic rings. The average molecular weight is 298 g/mol. The first-order valence-electron chi connectivity index (χ1n) is 7.97. The number of anilines is 1. The molecular formula is C16H31N3S. The molecule has 0 aromatic carbocycles. The Bertz CT molecular complexity index is 379. The van der Waals surface area contributed by atoms with Gasteiger partial charge in [-0.25, -0.2) is 4.98 Å². The highest BCUT2D eigenvalue weighted by Gasteiger charge is 2.17. The summed E-state index contributed by atoms with van der Waals surface area (Å²) in [5.41, 5.74) is 1.27. The van der Waals surface area contributed by atoms with Crippen molar-refractivity contribution in [2.45, 2.75) is 72.9 Å². The van der Waals surface area contributed by atoms with Crippen LogP contribution in [-0.2, 0) is 6.54 Å². The maximum atomic E-state index is 4.93. The first-order chi connectivity index (χ1) is 9.49. The topological polar surface area (TPSA) is 28.2 Å².